The summed E-state index contributed by atoms with van der Waals surface area (Å²) in [6.07, 6.45) is 1.17. The van der Waals surface area contributed by atoms with E-state index < -0.39 is 0 Å². The molecule has 1 aliphatic rings. The van der Waals surface area contributed by atoms with E-state index in [-0.39, 0.29) is 30.2 Å². The van der Waals surface area contributed by atoms with Crippen molar-refractivity contribution in [1.29, 1.82) is 0 Å². The number of esters is 1. The molecule has 2 aromatic rings. The standard InChI is InChI=1S/C21H22FNO3/c1-15-3-2-4-16(13-15)14-26-21(25)18-9-11-23(12-10-18)20(24)17-5-7-19(22)8-6-17/h2-8,13,18H,9-12,14H2,1H3. The van der Waals surface area contributed by atoms with Crippen LogP contribution in [0, 0.1) is 18.7 Å². The second-order valence-electron chi connectivity index (χ2n) is 6.67. The molecule has 1 heterocycles. The largest absolute Gasteiger partial charge is 0.461 e. The molecule has 0 saturated carbocycles. The Morgan fingerprint density at radius 2 is 1.81 bits per heavy atom. The van der Waals surface area contributed by atoms with Gasteiger partial charge in [-0.05, 0) is 49.6 Å². The molecule has 0 aromatic heterocycles. The molecule has 0 unspecified atom stereocenters. The predicted molar refractivity (Wildman–Crippen MR) is 96.0 cm³/mol. The van der Waals surface area contributed by atoms with Crippen LogP contribution in [0.5, 0.6) is 0 Å². The van der Waals surface area contributed by atoms with Crippen molar-refractivity contribution in [2.75, 3.05) is 13.1 Å². The molecule has 0 aliphatic carbocycles. The van der Waals surface area contributed by atoms with Crippen LogP contribution in [-0.2, 0) is 16.1 Å². The maximum absolute atomic E-state index is 13.0. The highest BCUT2D eigenvalue weighted by atomic mass is 19.1. The summed E-state index contributed by atoms with van der Waals surface area (Å²) in [6.45, 7) is 3.27. The summed E-state index contributed by atoms with van der Waals surface area (Å²) in [7, 11) is 0. The van der Waals surface area contributed by atoms with E-state index in [4.69, 9.17) is 4.74 Å². The highest BCUT2D eigenvalue weighted by Crippen LogP contribution is 2.21. The summed E-state index contributed by atoms with van der Waals surface area (Å²) in [5.41, 5.74) is 2.57. The van der Waals surface area contributed by atoms with Crippen LogP contribution in [-0.4, -0.2) is 29.9 Å². The Morgan fingerprint density at radius 3 is 2.46 bits per heavy atom. The third-order valence-corrected chi connectivity index (χ3v) is 4.67. The smallest absolute Gasteiger partial charge is 0.309 e. The number of halogens is 1. The zero-order chi connectivity index (χ0) is 18.5. The lowest BCUT2D eigenvalue weighted by Crippen LogP contribution is -2.40. The van der Waals surface area contributed by atoms with Crippen LogP contribution >= 0.6 is 0 Å². The van der Waals surface area contributed by atoms with Crippen LogP contribution in [0.15, 0.2) is 48.5 Å². The average Bonchev–Trinajstić information content (AvgIpc) is 2.66. The number of benzene rings is 2. The Hall–Kier alpha value is -2.69. The fourth-order valence-corrected chi connectivity index (χ4v) is 3.17. The third-order valence-electron chi connectivity index (χ3n) is 4.67. The number of rotatable bonds is 4. The fourth-order valence-electron chi connectivity index (χ4n) is 3.17. The van der Waals surface area contributed by atoms with Crippen molar-refractivity contribution in [3.05, 3.63) is 71.0 Å². The number of aryl methyl sites for hydroxylation is 1. The van der Waals surface area contributed by atoms with Gasteiger partial charge in [0.2, 0.25) is 0 Å². The van der Waals surface area contributed by atoms with Crippen LogP contribution in [0.1, 0.15) is 34.3 Å². The first-order chi connectivity index (χ1) is 12.5. The molecule has 0 atom stereocenters. The quantitative estimate of drug-likeness (QED) is 0.785. The van der Waals surface area contributed by atoms with Crippen LogP contribution in [0.3, 0.4) is 0 Å². The van der Waals surface area contributed by atoms with Gasteiger partial charge < -0.3 is 9.64 Å². The number of piperidine rings is 1. The van der Waals surface area contributed by atoms with Crippen LogP contribution < -0.4 is 0 Å². The molecule has 26 heavy (non-hydrogen) atoms. The summed E-state index contributed by atoms with van der Waals surface area (Å²) in [5.74, 6) is -0.884. The van der Waals surface area contributed by atoms with Crippen LogP contribution in [0.25, 0.3) is 0 Å². The van der Waals surface area contributed by atoms with Crippen LogP contribution in [0.2, 0.25) is 0 Å². The van der Waals surface area contributed by atoms with Gasteiger partial charge in [-0.3, -0.25) is 9.59 Å². The lowest BCUT2D eigenvalue weighted by Gasteiger charge is -2.31. The normalized spacial score (nSPS) is 14.9. The lowest BCUT2D eigenvalue weighted by atomic mass is 9.96. The van der Waals surface area contributed by atoms with Gasteiger partial charge in [0, 0.05) is 18.7 Å². The molecule has 4 nitrogen and oxygen atoms in total. The highest BCUT2D eigenvalue weighted by molar-refractivity contribution is 5.94. The molecular formula is C21H22FNO3. The molecule has 3 rings (SSSR count). The van der Waals surface area contributed by atoms with E-state index in [0.717, 1.165) is 11.1 Å². The van der Waals surface area contributed by atoms with Crippen molar-refractivity contribution >= 4 is 11.9 Å². The molecule has 1 fully saturated rings. The monoisotopic (exact) mass is 355 g/mol. The van der Waals surface area contributed by atoms with E-state index >= 15 is 0 Å². The number of likely N-dealkylation sites (tertiary alicyclic amines) is 1. The average molecular weight is 355 g/mol. The van der Waals surface area contributed by atoms with E-state index in [0.29, 0.717) is 31.5 Å². The Labute approximate surface area is 152 Å². The van der Waals surface area contributed by atoms with Gasteiger partial charge >= 0.3 is 5.97 Å². The number of hydrogen-bond acceptors (Lipinski definition) is 3. The van der Waals surface area contributed by atoms with Crippen molar-refractivity contribution in [1.82, 2.24) is 4.90 Å². The number of ether oxygens (including phenoxy) is 1. The fraction of sp³-hybridized carbons (Fsp3) is 0.333. The van der Waals surface area contributed by atoms with Crippen molar-refractivity contribution < 1.29 is 18.7 Å². The van der Waals surface area contributed by atoms with Gasteiger partial charge in [-0.2, -0.15) is 0 Å². The molecule has 1 saturated heterocycles. The summed E-state index contributed by atoms with van der Waals surface area (Å²) < 4.78 is 18.4. The van der Waals surface area contributed by atoms with Gasteiger partial charge in [-0.1, -0.05) is 29.8 Å². The first-order valence-electron chi connectivity index (χ1n) is 8.80. The first kappa shape index (κ1) is 18.1. The summed E-state index contributed by atoms with van der Waals surface area (Å²) in [6, 6.07) is 13.4. The zero-order valence-electron chi connectivity index (χ0n) is 14.8. The maximum atomic E-state index is 13.0. The lowest BCUT2D eigenvalue weighted by molar-refractivity contribution is -0.151. The minimum absolute atomic E-state index is 0.128. The van der Waals surface area contributed by atoms with E-state index in [9.17, 15) is 14.0 Å². The third kappa shape index (κ3) is 4.48. The Kier molecular flexibility index (Phi) is 5.66. The number of carbonyl (C=O) groups excluding carboxylic acids is 2. The van der Waals surface area contributed by atoms with E-state index in [2.05, 4.69) is 0 Å². The minimum Gasteiger partial charge on any atom is -0.461 e. The number of amides is 1. The minimum atomic E-state index is -0.364. The second-order valence-corrected chi connectivity index (χ2v) is 6.67. The van der Waals surface area contributed by atoms with Gasteiger partial charge in [-0.25, -0.2) is 4.39 Å². The molecule has 0 radical (unpaired) electrons. The zero-order valence-corrected chi connectivity index (χ0v) is 14.8. The SMILES string of the molecule is Cc1cccc(COC(=O)C2CCN(C(=O)c3ccc(F)cc3)CC2)c1. The van der Waals surface area contributed by atoms with Gasteiger partial charge in [0.15, 0.2) is 0 Å². The Balaban J connectivity index is 1.49. The number of hydrogen-bond donors (Lipinski definition) is 0. The van der Waals surface area contributed by atoms with Crippen LogP contribution in [0.4, 0.5) is 4.39 Å². The molecule has 1 amide bonds. The van der Waals surface area contributed by atoms with E-state index in [1.807, 2.05) is 31.2 Å². The van der Waals surface area contributed by atoms with E-state index in [1.54, 1.807) is 4.90 Å². The highest BCUT2D eigenvalue weighted by Gasteiger charge is 2.28. The van der Waals surface area contributed by atoms with Crippen molar-refractivity contribution in [2.24, 2.45) is 5.92 Å². The van der Waals surface area contributed by atoms with Gasteiger partial charge in [0.25, 0.3) is 5.91 Å². The van der Waals surface area contributed by atoms with Gasteiger partial charge in [0.1, 0.15) is 12.4 Å². The number of nitrogens with zero attached hydrogens (tertiary/aromatic N) is 1. The Morgan fingerprint density at radius 1 is 1.12 bits per heavy atom. The molecule has 5 heteroatoms. The molecule has 1 aliphatic heterocycles. The molecule has 2 aromatic carbocycles. The second kappa shape index (κ2) is 8.13. The topological polar surface area (TPSA) is 46.6 Å². The summed E-state index contributed by atoms with van der Waals surface area (Å²) in [5, 5.41) is 0. The first-order valence-corrected chi connectivity index (χ1v) is 8.80. The summed E-state index contributed by atoms with van der Waals surface area (Å²) in [4.78, 5) is 26.4. The number of carbonyl (C=O) groups is 2. The Bertz CT molecular complexity index is 780. The van der Waals surface area contributed by atoms with Crippen molar-refractivity contribution in [3.63, 3.8) is 0 Å². The van der Waals surface area contributed by atoms with Gasteiger partial charge in [-0.15, -0.1) is 0 Å². The molecule has 0 spiro atoms. The summed E-state index contributed by atoms with van der Waals surface area (Å²) >= 11 is 0. The molecule has 136 valence electrons. The van der Waals surface area contributed by atoms with Crippen molar-refractivity contribution in [2.45, 2.75) is 26.4 Å². The predicted octanol–water partition coefficient (Wildman–Crippen LogP) is 3.73. The molecular weight excluding hydrogens is 333 g/mol. The van der Waals surface area contributed by atoms with Crippen molar-refractivity contribution in [3.8, 4) is 0 Å². The van der Waals surface area contributed by atoms with E-state index in [1.165, 1.54) is 24.3 Å². The van der Waals surface area contributed by atoms with Gasteiger partial charge in [0.05, 0.1) is 5.92 Å². The molecule has 0 N–H and O–H groups in total. The maximum Gasteiger partial charge on any atom is 0.309 e. The molecule has 0 bridgehead atoms.